The molecule has 102 valence electrons. The zero-order valence-electron chi connectivity index (χ0n) is 11.1. The molecule has 6 heteroatoms. The summed E-state index contributed by atoms with van der Waals surface area (Å²) in [4.78, 5) is 17.4. The maximum Gasteiger partial charge on any atom is 0.223 e. The van der Waals surface area contributed by atoms with Crippen LogP contribution in [0.4, 0.5) is 0 Å². The van der Waals surface area contributed by atoms with Gasteiger partial charge in [-0.25, -0.2) is 9.50 Å². The highest BCUT2D eigenvalue weighted by molar-refractivity contribution is 7.16. The number of amides is 1. The van der Waals surface area contributed by atoms with Gasteiger partial charge in [0.25, 0.3) is 0 Å². The van der Waals surface area contributed by atoms with E-state index in [1.165, 1.54) is 19.3 Å². The zero-order chi connectivity index (χ0) is 13.2. The van der Waals surface area contributed by atoms with Gasteiger partial charge in [-0.1, -0.05) is 30.6 Å². The lowest BCUT2D eigenvalue weighted by Crippen LogP contribution is -2.31. The summed E-state index contributed by atoms with van der Waals surface area (Å²) >= 11 is 1.56. The number of aryl methyl sites for hydroxylation is 1. The number of aromatic nitrogens is 3. The Kier molecular flexibility index (Phi) is 3.50. The predicted octanol–water partition coefficient (Wildman–Crippen LogP) is 2.30. The van der Waals surface area contributed by atoms with E-state index < -0.39 is 0 Å². The van der Waals surface area contributed by atoms with Crippen molar-refractivity contribution in [1.29, 1.82) is 0 Å². The molecular formula is C13H18N4OS. The predicted molar refractivity (Wildman–Crippen MR) is 74.0 cm³/mol. The highest BCUT2D eigenvalue weighted by Crippen LogP contribution is 2.23. The molecule has 2 heterocycles. The van der Waals surface area contributed by atoms with Crippen molar-refractivity contribution in [3.05, 3.63) is 16.9 Å². The number of hydrogen-bond donors (Lipinski definition) is 1. The number of carbonyl (C=O) groups is 1. The molecule has 0 saturated heterocycles. The molecule has 0 bridgehead atoms. The molecule has 1 N–H and O–H groups in total. The molecule has 1 aliphatic carbocycles. The average Bonchev–Trinajstić information content (AvgIpc) is 2.93. The number of nitrogens with zero attached hydrogens (tertiary/aromatic N) is 3. The third kappa shape index (κ3) is 2.78. The molecule has 19 heavy (non-hydrogen) atoms. The lowest BCUT2D eigenvalue weighted by Gasteiger charge is -2.20. The first-order valence-corrected chi connectivity index (χ1v) is 7.63. The Morgan fingerprint density at radius 2 is 2.26 bits per heavy atom. The van der Waals surface area contributed by atoms with Gasteiger partial charge in [0, 0.05) is 5.92 Å². The van der Waals surface area contributed by atoms with Gasteiger partial charge in [-0.3, -0.25) is 4.79 Å². The van der Waals surface area contributed by atoms with Gasteiger partial charge in [0.2, 0.25) is 10.9 Å². The quantitative estimate of drug-likeness (QED) is 0.937. The fourth-order valence-electron chi connectivity index (χ4n) is 2.62. The Morgan fingerprint density at radius 3 is 3.00 bits per heavy atom. The molecule has 0 aliphatic heterocycles. The lowest BCUT2D eigenvalue weighted by molar-refractivity contribution is -0.126. The van der Waals surface area contributed by atoms with E-state index in [0.29, 0.717) is 6.54 Å². The second-order valence-electron chi connectivity index (χ2n) is 5.13. The molecule has 0 aromatic carbocycles. The van der Waals surface area contributed by atoms with Crippen LogP contribution in [-0.4, -0.2) is 20.5 Å². The van der Waals surface area contributed by atoms with Gasteiger partial charge in [0.1, 0.15) is 5.01 Å². The van der Waals surface area contributed by atoms with Crippen LogP contribution in [0.5, 0.6) is 0 Å². The van der Waals surface area contributed by atoms with Gasteiger partial charge in [-0.15, -0.1) is 0 Å². The summed E-state index contributed by atoms with van der Waals surface area (Å²) in [7, 11) is 0. The molecule has 1 saturated carbocycles. The van der Waals surface area contributed by atoms with Crippen LogP contribution < -0.4 is 5.32 Å². The van der Waals surface area contributed by atoms with Crippen molar-refractivity contribution in [3.63, 3.8) is 0 Å². The molecule has 1 aliphatic rings. The topological polar surface area (TPSA) is 59.3 Å². The van der Waals surface area contributed by atoms with Crippen molar-refractivity contribution in [2.75, 3.05) is 0 Å². The third-order valence-electron chi connectivity index (χ3n) is 3.61. The molecular weight excluding hydrogens is 260 g/mol. The molecule has 0 spiro atoms. The SMILES string of the molecule is Cc1nn2cc(CNC(=O)C3CCCCC3)nc2s1. The number of hydrogen-bond acceptors (Lipinski definition) is 4. The molecule has 0 atom stereocenters. The number of carbonyl (C=O) groups excluding carboxylic acids is 1. The minimum absolute atomic E-state index is 0.181. The van der Waals surface area contributed by atoms with E-state index in [1.807, 2.05) is 13.1 Å². The van der Waals surface area contributed by atoms with Gasteiger partial charge < -0.3 is 5.32 Å². The molecule has 5 nitrogen and oxygen atoms in total. The number of imidazole rings is 1. The largest absolute Gasteiger partial charge is 0.350 e. The van der Waals surface area contributed by atoms with Gasteiger partial charge >= 0.3 is 0 Å². The van der Waals surface area contributed by atoms with Crippen molar-refractivity contribution in [3.8, 4) is 0 Å². The number of fused-ring (bicyclic) bond motifs is 1. The normalized spacial score (nSPS) is 16.9. The van der Waals surface area contributed by atoms with Crippen molar-refractivity contribution >= 4 is 22.2 Å². The van der Waals surface area contributed by atoms with Gasteiger partial charge in [0.15, 0.2) is 0 Å². The summed E-state index contributed by atoms with van der Waals surface area (Å²) in [5, 5.41) is 8.31. The Hall–Kier alpha value is -1.43. The molecule has 2 aromatic rings. The van der Waals surface area contributed by atoms with Crippen LogP contribution in [0, 0.1) is 12.8 Å². The highest BCUT2D eigenvalue weighted by Gasteiger charge is 2.20. The van der Waals surface area contributed by atoms with E-state index in [0.717, 1.165) is 28.5 Å². The highest BCUT2D eigenvalue weighted by atomic mass is 32.1. The van der Waals surface area contributed by atoms with Crippen molar-refractivity contribution in [1.82, 2.24) is 19.9 Å². The van der Waals surface area contributed by atoms with Crippen LogP contribution in [-0.2, 0) is 11.3 Å². The standard InChI is InChI=1S/C13H18N4OS/c1-9-16-17-8-11(15-13(17)19-9)7-14-12(18)10-5-3-2-4-6-10/h8,10H,2-7H2,1H3,(H,14,18). The maximum atomic E-state index is 12.0. The fraction of sp³-hybridized carbons (Fsp3) is 0.615. The lowest BCUT2D eigenvalue weighted by atomic mass is 9.89. The Morgan fingerprint density at radius 1 is 1.47 bits per heavy atom. The summed E-state index contributed by atoms with van der Waals surface area (Å²) in [6.45, 7) is 2.47. The van der Waals surface area contributed by atoms with Crippen LogP contribution in [0.25, 0.3) is 4.96 Å². The second-order valence-corrected chi connectivity index (χ2v) is 6.29. The summed E-state index contributed by atoms with van der Waals surface area (Å²) in [5.74, 6) is 0.387. The van der Waals surface area contributed by atoms with E-state index in [-0.39, 0.29) is 11.8 Å². The van der Waals surface area contributed by atoms with Gasteiger partial charge in [-0.05, 0) is 19.8 Å². The fourth-order valence-corrected chi connectivity index (χ4v) is 3.36. The summed E-state index contributed by atoms with van der Waals surface area (Å²) in [6.07, 6.45) is 7.59. The number of rotatable bonds is 3. The third-order valence-corrected chi connectivity index (χ3v) is 4.45. The van der Waals surface area contributed by atoms with Crippen molar-refractivity contribution in [2.45, 2.75) is 45.6 Å². The van der Waals surface area contributed by atoms with Gasteiger partial charge in [-0.2, -0.15) is 5.10 Å². The summed E-state index contributed by atoms with van der Waals surface area (Å²) < 4.78 is 1.78. The number of nitrogens with one attached hydrogen (secondary N) is 1. The summed E-state index contributed by atoms with van der Waals surface area (Å²) in [6, 6.07) is 0. The van der Waals surface area contributed by atoms with Gasteiger partial charge in [0.05, 0.1) is 18.4 Å². The van der Waals surface area contributed by atoms with E-state index in [2.05, 4.69) is 15.4 Å². The first-order chi connectivity index (χ1) is 9.22. The maximum absolute atomic E-state index is 12.0. The Labute approximate surface area is 116 Å². The minimum atomic E-state index is 0.181. The molecule has 1 amide bonds. The van der Waals surface area contributed by atoms with Crippen LogP contribution in [0.15, 0.2) is 6.20 Å². The summed E-state index contributed by atoms with van der Waals surface area (Å²) in [5.41, 5.74) is 0.878. The Balaban J connectivity index is 1.58. The van der Waals surface area contributed by atoms with Crippen LogP contribution >= 0.6 is 11.3 Å². The molecule has 1 fully saturated rings. The molecule has 3 rings (SSSR count). The molecule has 2 aromatic heterocycles. The van der Waals surface area contributed by atoms with E-state index in [1.54, 1.807) is 15.9 Å². The van der Waals surface area contributed by atoms with Crippen molar-refractivity contribution < 1.29 is 4.79 Å². The monoisotopic (exact) mass is 278 g/mol. The van der Waals surface area contributed by atoms with Crippen molar-refractivity contribution in [2.24, 2.45) is 5.92 Å². The van der Waals surface area contributed by atoms with Crippen LogP contribution in [0.3, 0.4) is 0 Å². The van der Waals surface area contributed by atoms with E-state index >= 15 is 0 Å². The Bertz CT molecular complexity index is 551. The van der Waals surface area contributed by atoms with E-state index in [9.17, 15) is 4.79 Å². The molecule has 0 unspecified atom stereocenters. The second kappa shape index (κ2) is 5.28. The smallest absolute Gasteiger partial charge is 0.223 e. The molecule has 0 radical (unpaired) electrons. The van der Waals surface area contributed by atoms with E-state index in [4.69, 9.17) is 0 Å². The van der Waals surface area contributed by atoms with Crippen LogP contribution in [0.1, 0.15) is 42.8 Å². The first kappa shape index (κ1) is 12.6. The minimum Gasteiger partial charge on any atom is -0.350 e. The zero-order valence-corrected chi connectivity index (χ0v) is 11.9. The first-order valence-electron chi connectivity index (χ1n) is 6.82. The van der Waals surface area contributed by atoms with Crippen LogP contribution in [0.2, 0.25) is 0 Å². The average molecular weight is 278 g/mol.